The van der Waals surface area contributed by atoms with Gasteiger partial charge >= 0.3 is 5.97 Å². The van der Waals surface area contributed by atoms with E-state index in [1.165, 1.54) is 0 Å². The minimum atomic E-state index is -0.719. The summed E-state index contributed by atoms with van der Waals surface area (Å²) < 4.78 is 6.24. The Morgan fingerprint density at radius 1 is 1.53 bits per heavy atom. The molecule has 0 aliphatic rings. The van der Waals surface area contributed by atoms with Gasteiger partial charge in [0.05, 0.1) is 13.0 Å². The molecule has 94 valence electrons. The number of benzene rings is 1. The molecular formula is C13H17BrO3. The van der Waals surface area contributed by atoms with E-state index in [1.807, 2.05) is 25.1 Å². The van der Waals surface area contributed by atoms with E-state index in [4.69, 9.17) is 9.84 Å². The van der Waals surface area contributed by atoms with Crippen molar-refractivity contribution in [1.29, 1.82) is 0 Å². The van der Waals surface area contributed by atoms with Crippen LogP contribution in [-0.4, -0.2) is 18.2 Å². The molecule has 1 aromatic carbocycles. The summed E-state index contributed by atoms with van der Waals surface area (Å²) in [5.41, 5.74) is 1.05. The maximum atomic E-state index is 10.9. The lowest BCUT2D eigenvalue weighted by atomic mass is 9.97. The fraction of sp³-hybridized carbons (Fsp3) is 0.462. The third-order valence-corrected chi connectivity index (χ3v) is 3.35. The van der Waals surface area contributed by atoms with Crippen LogP contribution < -0.4 is 4.74 Å². The maximum absolute atomic E-state index is 10.9. The van der Waals surface area contributed by atoms with Crippen molar-refractivity contribution in [3.63, 3.8) is 0 Å². The second kappa shape index (κ2) is 6.64. The van der Waals surface area contributed by atoms with E-state index in [0.717, 1.165) is 22.2 Å². The number of methoxy groups -OCH3 is 1. The predicted molar refractivity (Wildman–Crippen MR) is 70.4 cm³/mol. The first kappa shape index (κ1) is 14.0. The molecule has 0 aliphatic carbocycles. The van der Waals surface area contributed by atoms with Gasteiger partial charge in [-0.2, -0.15) is 0 Å². The molecule has 17 heavy (non-hydrogen) atoms. The number of carboxylic acid groups (broad SMARTS) is 1. The molecule has 0 saturated heterocycles. The zero-order valence-electron chi connectivity index (χ0n) is 10.1. The quantitative estimate of drug-likeness (QED) is 0.874. The van der Waals surface area contributed by atoms with Gasteiger partial charge in [0, 0.05) is 4.47 Å². The van der Waals surface area contributed by atoms with Gasteiger partial charge in [-0.1, -0.05) is 28.9 Å². The Bertz CT molecular complexity index is 390. The molecule has 1 rings (SSSR count). The summed E-state index contributed by atoms with van der Waals surface area (Å²) in [5, 5.41) is 8.98. The summed E-state index contributed by atoms with van der Waals surface area (Å²) >= 11 is 3.38. The smallest absolute Gasteiger partial charge is 0.306 e. The zero-order chi connectivity index (χ0) is 12.8. The molecule has 1 unspecified atom stereocenters. The number of halogens is 1. The molecule has 1 atom stereocenters. The molecule has 0 bridgehead atoms. The summed E-state index contributed by atoms with van der Waals surface area (Å²) in [6, 6.07) is 5.81. The number of carbonyl (C=O) groups is 1. The molecule has 0 amide bonds. The topological polar surface area (TPSA) is 46.5 Å². The molecular weight excluding hydrogens is 284 g/mol. The average molecular weight is 301 g/mol. The first-order chi connectivity index (χ1) is 8.08. The molecule has 1 N–H and O–H groups in total. The Morgan fingerprint density at radius 3 is 2.76 bits per heavy atom. The van der Waals surface area contributed by atoms with Gasteiger partial charge in [0.15, 0.2) is 0 Å². The Hall–Kier alpha value is -1.03. The molecule has 0 spiro atoms. The van der Waals surface area contributed by atoms with E-state index >= 15 is 0 Å². The Balaban J connectivity index is 2.71. The minimum absolute atomic E-state index is 0.275. The van der Waals surface area contributed by atoms with Crippen molar-refractivity contribution in [3.05, 3.63) is 28.2 Å². The standard InChI is InChI=1S/C13H17BrO3/c1-3-9(13(15)16)4-5-10-6-7-11(14)8-12(10)17-2/h6-9H,3-5H2,1-2H3,(H,15,16). The molecule has 0 radical (unpaired) electrons. The highest BCUT2D eigenvalue weighted by atomic mass is 79.9. The second-order valence-electron chi connectivity index (χ2n) is 3.94. The van der Waals surface area contributed by atoms with Crippen LogP contribution >= 0.6 is 15.9 Å². The Morgan fingerprint density at radius 2 is 2.24 bits per heavy atom. The van der Waals surface area contributed by atoms with Crippen molar-refractivity contribution >= 4 is 21.9 Å². The number of rotatable bonds is 6. The second-order valence-corrected chi connectivity index (χ2v) is 4.85. The van der Waals surface area contributed by atoms with E-state index < -0.39 is 5.97 Å². The molecule has 1 aromatic rings. The van der Waals surface area contributed by atoms with E-state index in [2.05, 4.69) is 15.9 Å². The molecule has 0 heterocycles. The van der Waals surface area contributed by atoms with E-state index in [9.17, 15) is 4.79 Å². The number of aryl methyl sites for hydroxylation is 1. The van der Waals surface area contributed by atoms with Crippen LogP contribution in [0.4, 0.5) is 0 Å². The third kappa shape index (κ3) is 4.04. The first-order valence-corrected chi connectivity index (χ1v) is 6.43. The van der Waals surface area contributed by atoms with Crippen molar-refractivity contribution in [2.75, 3.05) is 7.11 Å². The van der Waals surface area contributed by atoms with E-state index in [0.29, 0.717) is 12.8 Å². The van der Waals surface area contributed by atoms with Crippen LogP contribution in [0.15, 0.2) is 22.7 Å². The van der Waals surface area contributed by atoms with Gasteiger partial charge in [-0.05, 0) is 37.0 Å². The zero-order valence-corrected chi connectivity index (χ0v) is 11.7. The fourth-order valence-corrected chi connectivity index (χ4v) is 2.10. The highest BCUT2D eigenvalue weighted by Crippen LogP contribution is 2.26. The van der Waals surface area contributed by atoms with Gasteiger partial charge in [-0.3, -0.25) is 4.79 Å². The number of hydrogen-bond donors (Lipinski definition) is 1. The Kier molecular flexibility index (Phi) is 5.48. The maximum Gasteiger partial charge on any atom is 0.306 e. The van der Waals surface area contributed by atoms with Gasteiger partial charge in [0.2, 0.25) is 0 Å². The number of aliphatic carboxylic acids is 1. The summed E-state index contributed by atoms with van der Waals surface area (Å²) in [6.07, 6.45) is 2.03. The Labute approximate surface area is 110 Å². The van der Waals surface area contributed by atoms with E-state index in [-0.39, 0.29) is 5.92 Å². The fourth-order valence-electron chi connectivity index (χ4n) is 1.76. The minimum Gasteiger partial charge on any atom is -0.496 e. The van der Waals surface area contributed by atoms with Gasteiger partial charge < -0.3 is 9.84 Å². The lowest BCUT2D eigenvalue weighted by Crippen LogP contribution is -2.13. The molecule has 0 aromatic heterocycles. The molecule has 0 fully saturated rings. The van der Waals surface area contributed by atoms with Gasteiger partial charge in [-0.25, -0.2) is 0 Å². The van der Waals surface area contributed by atoms with Crippen LogP contribution in [0.3, 0.4) is 0 Å². The number of carboxylic acids is 1. The van der Waals surface area contributed by atoms with Crippen molar-refractivity contribution in [2.45, 2.75) is 26.2 Å². The van der Waals surface area contributed by atoms with Crippen LogP contribution in [-0.2, 0) is 11.2 Å². The van der Waals surface area contributed by atoms with Gasteiger partial charge in [-0.15, -0.1) is 0 Å². The molecule has 4 heteroatoms. The van der Waals surface area contributed by atoms with Crippen LogP contribution in [0.5, 0.6) is 5.75 Å². The normalized spacial score (nSPS) is 12.2. The lowest BCUT2D eigenvalue weighted by molar-refractivity contribution is -0.142. The molecule has 3 nitrogen and oxygen atoms in total. The van der Waals surface area contributed by atoms with E-state index in [1.54, 1.807) is 7.11 Å². The highest BCUT2D eigenvalue weighted by Gasteiger charge is 2.15. The van der Waals surface area contributed by atoms with Crippen LogP contribution in [0, 0.1) is 5.92 Å². The monoisotopic (exact) mass is 300 g/mol. The highest BCUT2D eigenvalue weighted by molar-refractivity contribution is 9.10. The number of hydrogen-bond acceptors (Lipinski definition) is 2. The van der Waals surface area contributed by atoms with Crippen molar-refractivity contribution in [3.8, 4) is 5.75 Å². The summed E-state index contributed by atoms with van der Waals surface area (Å²) in [5.74, 6) is -0.188. The summed E-state index contributed by atoms with van der Waals surface area (Å²) in [4.78, 5) is 10.9. The van der Waals surface area contributed by atoms with Crippen LogP contribution in [0.1, 0.15) is 25.3 Å². The lowest BCUT2D eigenvalue weighted by Gasteiger charge is -2.12. The summed E-state index contributed by atoms with van der Waals surface area (Å²) in [7, 11) is 1.62. The average Bonchev–Trinajstić information content (AvgIpc) is 2.31. The summed E-state index contributed by atoms with van der Waals surface area (Å²) in [6.45, 7) is 1.90. The largest absolute Gasteiger partial charge is 0.496 e. The van der Waals surface area contributed by atoms with Gasteiger partial charge in [0.25, 0.3) is 0 Å². The van der Waals surface area contributed by atoms with Crippen LogP contribution in [0.2, 0.25) is 0 Å². The first-order valence-electron chi connectivity index (χ1n) is 5.63. The van der Waals surface area contributed by atoms with Crippen molar-refractivity contribution in [1.82, 2.24) is 0 Å². The molecule has 0 saturated carbocycles. The predicted octanol–water partition coefficient (Wildman–Crippen LogP) is 3.50. The molecule has 0 aliphatic heterocycles. The SMILES string of the molecule is CCC(CCc1ccc(Br)cc1OC)C(=O)O. The van der Waals surface area contributed by atoms with Crippen LogP contribution in [0.25, 0.3) is 0 Å². The van der Waals surface area contributed by atoms with Crippen molar-refractivity contribution < 1.29 is 14.6 Å². The van der Waals surface area contributed by atoms with Gasteiger partial charge in [0.1, 0.15) is 5.75 Å². The van der Waals surface area contributed by atoms with Crippen molar-refractivity contribution in [2.24, 2.45) is 5.92 Å². The third-order valence-electron chi connectivity index (χ3n) is 2.85. The number of ether oxygens (including phenoxy) is 1.